The molecule has 156 valence electrons. The largest absolute Gasteiger partial charge is 0.465 e. The van der Waals surface area contributed by atoms with Crippen molar-refractivity contribution in [3.63, 3.8) is 0 Å². The summed E-state index contributed by atoms with van der Waals surface area (Å²) in [7, 11) is 0. The summed E-state index contributed by atoms with van der Waals surface area (Å²) in [5.41, 5.74) is 7.70. The standard InChI is InChI=1S/C22H23N3O3S2/c1-3-28-21(27)18-15(12-30-22(23)24)25-13(2)17(19(18)16-10-7-11-29-16)20(26)14-8-5-4-6-9-14/h4-11,18-19H,3,12H2,1-2H3,(H3,23,24). The van der Waals surface area contributed by atoms with Gasteiger partial charge in [0.2, 0.25) is 0 Å². The number of benzene rings is 1. The fourth-order valence-corrected chi connectivity index (χ4v) is 4.95. The average molecular weight is 442 g/mol. The maximum absolute atomic E-state index is 13.5. The van der Waals surface area contributed by atoms with Crippen molar-refractivity contribution in [2.75, 3.05) is 12.4 Å². The van der Waals surface area contributed by atoms with Gasteiger partial charge in [-0.25, -0.2) is 0 Å². The zero-order valence-corrected chi connectivity index (χ0v) is 18.4. The van der Waals surface area contributed by atoms with Crippen molar-refractivity contribution >= 4 is 45.7 Å². The summed E-state index contributed by atoms with van der Waals surface area (Å²) >= 11 is 2.59. The molecule has 1 aromatic carbocycles. The Morgan fingerprint density at radius 3 is 2.57 bits per heavy atom. The summed E-state index contributed by atoms with van der Waals surface area (Å²) in [4.78, 5) is 32.1. The van der Waals surface area contributed by atoms with Crippen LogP contribution in [0.1, 0.15) is 35.0 Å². The second-order valence-electron chi connectivity index (χ2n) is 6.67. The van der Waals surface area contributed by atoms with Gasteiger partial charge in [0.1, 0.15) is 5.92 Å². The van der Waals surface area contributed by atoms with E-state index < -0.39 is 17.8 Å². The Labute approximate surface area is 183 Å². The van der Waals surface area contributed by atoms with Crippen LogP contribution in [0.2, 0.25) is 0 Å². The molecule has 0 bridgehead atoms. The fourth-order valence-electron chi connectivity index (χ4n) is 3.53. The lowest BCUT2D eigenvalue weighted by Crippen LogP contribution is -2.38. The number of carbonyl (C=O) groups excluding carboxylic acids is 2. The first-order valence-corrected chi connectivity index (χ1v) is 11.3. The Morgan fingerprint density at radius 1 is 1.23 bits per heavy atom. The van der Waals surface area contributed by atoms with E-state index in [0.717, 1.165) is 16.6 Å². The predicted octanol–water partition coefficient (Wildman–Crippen LogP) is 4.25. The van der Waals surface area contributed by atoms with Gasteiger partial charge in [-0.2, -0.15) is 0 Å². The van der Waals surface area contributed by atoms with Crippen molar-refractivity contribution in [2.24, 2.45) is 16.6 Å². The molecule has 3 N–H and O–H groups in total. The minimum absolute atomic E-state index is 0.0548. The van der Waals surface area contributed by atoms with Crippen LogP contribution in [0, 0.1) is 11.3 Å². The fraction of sp³-hybridized carbons (Fsp3) is 0.273. The van der Waals surface area contributed by atoms with E-state index in [1.165, 1.54) is 11.3 Å². The van der Waals surface area contributed by atoms with Crippen LogP contribution in [0.5, 0.6) is 0 Å². The highest BCUT2D eigenvalue weighted by atomic mass is 32.2. The number of ketones is 1. The molecule has 2 atom stereocenters. The van der Waals surface area contributed by atoms with Crippen molar-refractivity contribution in [2.45, 2.75) is 19.8 Å². The first-order valence-electron chi connectivity index (χ1n) is 9.48. The number of carbonyl (C=O) groups is 2. The minimum atomic E-state index is -0.748. The third-order valence-electron chi connectivity index (χ3n) is 4.75. The lowest BCUT2D eigenvalue weighted by atomic mass is 9.76. The molecule has 0 amide bonds. The number of nitrogens with two attached hydrogens (primary N) is 1. The first kappa shape index (κ1) is 22.0. The Balaban J connectivity index is 2.16. The average Bonchev–Trinajstić information content (AvgIpc) is 3.26. The highest BCUT2D eigenvalue weighted by Gasteiger charge is 2.43. The number of nitrogens with one attached hydrogen (secondary N) is 1. The summed E-state index contributed by atoms with van der Waals surface area (Å²) in [5, 5.41) is 9.40. The van der Waals surface area contributed by atoms with Gasteiger partial charge < -0.3 is 10.5 Å². The van der Waals surface area contributed by atoms with Gasteiger partial charge in [-0.05, 0) is 25.3 Å². The number of thiophene rings is 1. The quantitative estimate of drug-likeness (QED) is 0.289. The zero-order valence-electron chi connectivity index (χ0n) is 16.8. The molecule has 0 aliphatic carbocycles. The van der Waals surface area contributed by atoms with Gasteiger partial charge in [-0.15, -0.1) is 11.3 Å². The Morgan fingerprint density at radius 2 is 1.97 bits per heavy atom. The topological polar surface area (TPSA) is 106 Å². The molecule has 2 aromatic rings. The summed E-state index contributed by atoms with van der Waals surface area (Å²) in [6, 6.07) is 12.8. The third-order valence-corrected chi connectivity index (χ3v) is 6.46. The predicted molar refractivity (Wildman–Crippen MR) is 122 cm³/mol. The van der Waals surface area contributed by atoms with E-state index in [9.17, 15) is 9.59 Å². The number of amidine groups is 1. The van der Waals surface area contributed by atoms with Crippen molar-refractivity contribution in [3.8, 4) is 0 Å². The number of Topliss-reactive ketones (excluding diaryl/α,β-unsaturated/α-hetero) is 1. The molecule has 2 unspecified atom stereocenters. The Hall–Kier alpha value is -2.71. The molecule has 8 heteroatoms. The van der Waals surface area contributed by atoms with Gasteiger partial charge in [0.25, 0.3) is 0 Å². The third kappa shape index (κ3) is 4.71. The molecular weight excluding hydrogens is 418 g/mol. The molecular formula is C22H23N3O3S2. The van der Waals surface area contributed by atoms with Crippen molar-refractivity contribution < 1.29 is 14.3 Å². The molecule has 0 saturated heterocycles. The van der Waals surface area contributed by atoms with Gasteiger partial charge in [0, 0.05) is 39.1 Å². The number of ether oxygens (including phenoxy) is 1. The van der Waals surface area contributed by atoms with Crippen LogP contribution in [0.15, 0.2) is 64.1 Å². The SMILES string of the molecule is CCOC(=O)C1C(CSC(=N)N)=NC(C)=C(C(=O)c2ccccc2)C1c1cccs1. The van der Waals surface area contributed by atoms with E-state index >= 15 is 0 Å². The van der Waals surface area contributed by atoms with Crippen molar-refractivity contribution in [1.82, 2.24) is 0 Å². The summed E-state index contributed by atoms with van der Waals surface area (Å²) < 4.78 is 5.37. The highest BCUT2D eigenvalue weighted by molar-refractivity contribution is 8.14. The maximum atomic E-state index is 13.5. The minimum Gasteiger partial charge on any atom is -0.465 e. The van der Waals surface area contributed by atoms with E-state index in [0.29, 0.717) is 22.5 Å². The number of hydrogen-bond donors (Lipinski definition) is 2. The van der Waals surface area contributed by atoms with Crippen LogP contribution in [-0.4, -0.2) is 35.0 Å². The molecule has 3 rings (SSSR count). The van der Waals surface area contributed by atoms with E-state index in [1.807, 2.05) is 35.7 Å². The number of thioether (sulfide) groups is 1. The molecule has 0 radical (unpaired) electrons. The lowest BCUT2D eigenvalue weighted by molar-refractivity contribution is -0.145. The normalized spacial score (nSPS) is 18.7. The van der Waals surface area contributed by atoms with Crippen LogP contribution >= 0.6 is 23.1 Å². The van der Waals surface area contributed by atoms with Gasteiger partial charge in [0.05, 0.1) is 6.61 Å². The number of hydrogen-bond acceptors (Lipinski definition) is 7. The maximum Gasteiger partial charge on any atom is 0.315 e. The van der Waals surface area contributed by atoms with Crippen LogP contribution in [-0.2, 0) is 9.53 Å². The Kier molecular flexibility index (Phi) is 7.23. The van der Waals surface area contributed by atoms with Gasteiger partial charge >= 0.3 is 5.97 Å². The molecule has 0 fully saturated rings. The van der Waals surface area contributed by atoms with Crippen LogP contribution in [0.3, 0.4) is 0 Å². The second-order valence-corrected chi connectivity index (χ2v) is 8.67. The first-order chi connectivity index (χ1) is 14.4. The molecule has 2 heterocycles. The summed E-state index contributed by atoms with van der Waals surface area (Å²) in [6.07, 6.45) is 0. The van der Waals surface area contributed by atoms with E-state index in [2.05, 4.69) is 4.99 Å². The number of rotatable bonds is 7. The molecule has 0 saturated carbocycles. The molecule has 6 nitrogen and oxygen atoms in total. The van der Waals surface area contributed by atoms with E-state index in [4.69, 9.17) is 15.9 Å². The van der Waals surface area contributed by atoms with Gasteiger partial charge in [0.15, 0.2) is 11.0 Å². The van der Waals surface area contributed by atoms with Gasteiger partial charge in [-0.3, -0.25) is 20.0 Å². The van der Waals surface area contributed by atoms with Gasteiger partial charge in [-0.1, -0.05) is 48.2 Å². The summed E-state index contributed by atoms with van der Waals surface area (Å²) in [5.74, 6) is -1.55. The smallest absolute Gasteiger partial charge is 0.315 e. The molecule has 1 aliphatic rings. The number of esters is 1. The zero-order chi connectivity index (χ0) is 21.7. The van der Waals surface area contributed by atoms with Crippen LogP contribution < -0.4 is 5.73 Å². The Bertz CT molecular complexity index is 998. The summed E-state index contributed by atoms with van der Waals surface area (Å²) in [6.45, 7) is 3.76. The number of nitrogens with zero attached hydrogens (tertiary/aromatic N) is 1. The van der Waals surface area contributed by atoms with Crippen LogP contribution in [0.25, 0.3) is 0 Å². The van der Waals surface area contributed by atoms with Crippen molar-refractivity contribution in [1.29, 1.82) is 5.41 Å². The number of aliphatic imine (C=N–C) groups is 1. The van der Waals surface area contributed by atoms with E-state index in [1.54, 1.807) is 26.0 Å². The molecule has 30 heavy (non-hydrogen) atoms. The lowest BCUT2D eigenvalue weighted by Gasteiger charge is -2.32. The molecule has 1 aliphatic heterocycles. The number of allylic oxidation sites excluding steroid dienone is 2. The molecule has 0 spiro atoms. The highest BCUT2D eigenvalue weighted by Crippen LogP contribution is 2.43. The van der Waals surface area contributed by atoms with Crippen LogP contribution in [0.4, 0.5) is 0 Å². The monoisotopic (exact) mass is 441 g/mol. The second kappa shape index (κ2) is 9.86. The van der Waals surface area contributed by atoms with Crippen molar-refractivity contribution in [3.05, 3.63) is 69.6 Å². The van der Waals surface area contributed by atoms with E-state index in [-0.39, 0.29) is 23.3 Å². The molecule has 1 aromatic heterocycles.